The molecule has 1 rings (SSSR count). The van der Waals surface area contributed by atoms with Crippen LogP contribution in [0.1, 0.15) is 18.0 Å². The van der Waals surface area contributed by atoms with Crippen LogP contribution in [-0.4, -0.2) is 50.0 Å². The van der Waals surface area contributed by atoms with Crippen LogP contribution in [0.2, 0.25) is 0 Å². The normalized spacial score (nSPS) is 14.6. The van der Waals surface area contributed by atoms with E-state index in [2.05, 4.69) is 20.8 Å². The van der Waals surface area contributed by atoms with Crippen molar-refractivity contribution < 1.29 is 9.84 Å². The summed E-state index contributed by atoms with van der Waals surface area (Å²) in [5, 5.41) is 9.64. The molecular weight excluding hydrogens is 308 g/mol. The molecule has 0 bridgehead atoms. The van der Waals surface area contributed by atoms with Crippen LogP contribution in [0.5, 0.6) is 0 Å². The molecule has 0 fully saturated rings. The summed E-state index contributed by atoms with van der Waals surface area (Å²) in [4.78, 5) is 2.07. The van der Waals surface area contributed by atoms with E-state index < -0.39 is 6.10 Å². The second-order valence-electron chi connectivity index (χ2n) is 4.79. The summed E-state index contributed by atoms with van der Waals surface area (Å²) in [6.45, 7) is 1.79. The summed E-state index contributed by atoms with van der Waals surface area (Å²) >= 11 is 3.51. The highest BCUT2D eigenvalue weighted by molar-refractivity contribution is 9.10. The SMILES string of the molecule is COCC(O)CN(C)CCC(N)c1ccccc1Br. The molecule has 19 heavy (non-hydrogen) atoms. The number of ether oxygens (including phenoxy) is 1. The minimum atomic E-state index is -0.449. The molecule has 0 heterocycles. The highest BCUT2D eigenvalue weighted by Crippen LogP contribution is 2.23. The third kappa shape index (κ3) is 6.01. The van der Waals surface area contributed by atoms with Crippen molar-refractivity contribution in [2.75, 3.05) is 33.9 Å². The van der Waals surface area contributed by atoms with Crippen LogP contribution in [0.3, 0.4) is 0 Å². The zero-order chi connectivity index (χ0) is 14.3. The van der Waals surface area contributed by atoms with Crippen LogP contribution < -0.4 is 5.73 Å². The summed E-state index contributed by atoms with van der Waals surface area (Å²) in [5.41, 5.74) is 7.31. The van der Waals surface area contributed by atoms with E-state index >= 15 is 0 Å². The van der Waals surface area contributed by atoms with Gasteiger partial charge in [0, 0.05) is 24.2 Å². The zero-order valence-electron chi connectivity index (χ0n) is 11.6. The van der Waals surface area contributed by atoms with Gasteiger partial charge in [-0.3, -0.25) is 0 Å². The molecule has 0 saturated carbocycles. The van der Waals surface area contributed by atoms with Crippen LogP contribution in [0, 0.1) is 0 Å². The first-order valence-electron chi connectivity index (χ1n) is 6.40. The molecule has 0 aliphatic heterocycles. The molecule has 0 spiro atoms. The number of aliphatic hydroxyl groups excluding tert-OH is 1. The summed E-state index contributed by atoms with van der Waals surface area (Å²) in [6.07, 6.45) is 0.397. The maximum atomic E-state index is 9.64. The van der Waals surface area contributed by atoms with Gasteiger partial charge >= 0.3 is 0 Å². The smallest absolute Gasteiger partial charge is 0.0899 e. The average molecular weight is 331 g/mol. The van der Waals surface area contributed by atoms with E-state index in [0.29, 0.717) is 13.2 Å². The second kappa shape index (κ2) is 8.66. The van der Waals surface area contributed by atoms with Gasteiger partial charge < -0.3 is 20.5 Å². The van der Waals surface area contributed by atoms with E-state index in [1.807, 2.05) is 31.3 Å². The van der Waals surface area contributed by atoms with E-state index in [0.717, 1.165) is 23.0 Å². The lowest BCUT2D eigenvalue weighted by atomic mass is 10.0. The summed E-state index contributed by atoms with van der Waals surface area (Å²) < 4.78 is 5.95. The first kappa shape index (κ1) is 16.6. The third-order valence-corrected chi connectivity index (χ3v) is 3.73. The lowest BCUT2D eigenvalue weighted by molar-refractivity contribution is 0.0428. The average Bonchev–Trinajstić information content (AvgIpc) is 2.36. The summed E-state index contributed by atoms with van der Waals surface area (Å²) in [5.74, 6) is 0. The number of nitrogens with zero attached hydrogens (tertiary/aromatic N) is 1. The van der Waals surface area contributed by atoms with Gasteiger partial charge in [0.1, 0.15) is 0 Å². The van der Waals surface area contributed by atoms with E-state index in [1.165, 1.54) is 0 Å². The number of methoxy groups -OCH3 is 1. The topological polar surface area (TPSA) is 58.7 Å². The summed E-state index contributed by atoms with van der Waals surface area (Å²) in [7, 11) is 3.57. The van der Waals surface area contributed by atoms with E-state index in [1.54, 1.807) is 7.11 Å². The molecule has 3 N–H and O–H groups in total. The Hall–Kier alpha value is -0.460. The fourth-order valence-corrected chi connectivity index (χ4v) is 2.57. The van der Waals surface area contributed by atoms with Crippen LogP contribution in [0.15, 0.2) is 28.7 Å². The monoisotopic (exact) mass is 330 g/mol. The standard InChI is InChI=1S/C14H23BrN2O2/c1-17(9-11(18)10-19-2)8-7-14(16)12-5-3-4-6-13(12)15/h3-6,11,14,18H,7-10,16H2,1-2H3. The number of aliphatic hydroxyl groups is 1. The molecule has 5 heteroatoms. The van der Waals surface area contributed by atoms with Gasteiger partial charge in [-0.25, -0.2) is 0 Å². The van der Waals surface area contributed by atoms with Gasteiger partial charge in [-0.2, -0.15) is 0 Å². The molecule has 0 saturated heterocycles. The number of nitrogens with two attached hydrogens (primary N) is 1. The van der Waals surface area contributed by atoms with Crippen LogP contribution in [0.25, 0.3) is 0 Å². The molecule has 0 radical (unpaired) electrons. The summed E-state index contributed by atoms with van der Waals surface area (Å²) in [6, 6.07) is 8.01. The maximum absolute atomic E-state index is 9.64. The van der Waals surface area contributed by atoms with Crippen molar-refractivity contribution in [3.8, 4) is 0 Å². The quantitative estimate of drug-likeness (QED) is 0.762. The van der Waals surface area contributed by atoms with Gasteiger partial charge in [-0.1, -0.05) is 34.1 Å². The third-order valence-electron chi connectivity index (χ3n) is 3.01. The number of benzene rings is 1. The maximum Gasteiger partial charge on any atom is 0.0899 e. The van der Waals surface area contributed by atoms with Gasteiger partial charge in [0.15, 0.2) is 0 Å². The number of likely N-dealkylation sites (N-methyl/N-ethyl adjacent to an activating group) is 1. The predicted molar refractivity (Wildman–Crippen MR) is 81.1 cm³/mol. The molecule has 0 aliphatic carbocycles. The van der Waals surface area contributed by atoms with Gasteiger partial charge in [0.25, 0.3) is 0 Å². The predicted octanol–water partition coefficient (Wildman–Crippen LogP) is 1.78. The molecule has 2 unspecified atom stereocenters. The van der Waals surface area contributed by atoms with Gasteiger partial charge in [0.05, 0.1) is 12.7 Å². The number of rotatable bonds is 8. The molecule has 0 aliphatic rings. The van der Waals surface area contributed by atoms with Crippen molar-refractivity contribution in [1.29, 1.82) is 0 Å². The van der Waals surface area contributed by atoms with Crippen molar-refractivity contribution in [3.05, 3.63) is 34.3 Å². The highest BCUT2D eigenvalue weighted by atomic mass is 79.9. The van der Waals surface area contributed by atoms with Gasteiger partial charge in [-0.05, 0) is 31.6 Å². The molecule has 0 aromatic heterocycles. The number of hydrogen-bond donors (Lipinski definition) is 2. The van der Waals surface area contributed by atoms with Crippen molar-refractivity contribution in [3.63, 3.8) is 0 Å². The van der Waals surface area contributed by atoms with Gasteiger partial charge in [-0.15, -0.1) is 0 Å². The van der Waals surface area contributed by atoms with Crippen LogP contribution >= 0.6 is 15.9 Å². The zero-order valence-corrected chi connectivity index (χ0v) is 13.1. The lowest BCUT2D eigenvalue weighted by Crippen LogP contribution is -2.33. The first-order chi connectivity index (χ1) is 9.04. The molecular formula is C14H23BrN2O2. The Labute approximate surface area is 123 Å². The highest BCUT2D eigenvalue weighted by Gasteiger charge is 2.12. The fraction of sp³-hybridized carbons (Fsp3) is 0.571. The van der Waals surface area contributed by atoms with E-state index in [4.69, 9.17) is 10.5 Å². The van der Waals surface area contributed by atoms with Crippen molar-refractivity contribution in [2.24, 2.45) is 5.73 Å². The Morgan fingerprint density at radius 1 is 1.42 bits per heavy atom. The molecule has 0 amide bonds. The fourth-order valence-electron chi connectivity index (χ4n) is 1.99. The minimum absolute atomic E-state index is 0.00223. The molecule has 2 atom stereocenters. The Balaban J connectivity index is 2.38. The largest absolute Gasteiger partial charge is 0.389 e. The van der Waals surface area contributed by atoms with Crippen molar-refractivity contribution >= 4 is 15.9 Å². The molecule has 4 nitrogen and oxygen atoms in total. The number of hydrogen-bond acceptors (Lipinski definition) is 4. The Kier molecular flexibility index (Phi) is 7.56. The minimum Gasteiger partial charge on any atom is -0.389 e. The van der Waals surface area contributed by atoms with Crippen LogP contribution in [0.4, 0.5) is 0 Å². The van der Waals surface area contributed by atoms with Crippen LogP contribution in [-0.2, 0) is 4.74 Å². The first-order valence-corrected chi connectivity index (χ1v) is 7.19. The Morgan fingerprint density at radius 3 is 2.74 bits per heavy atom. The molecule has 1 aromatic rings. The van der Waals surface area contributed by atoms with Gasteiger partial charge in [0.2, 0.25) is 0 Å². The van der Waals surface area contributed by atoms with Crippen molar-refractivity contribution in [2.45, 2.75) is 18.6 Å². The van der Waals surface area contributed by atoms with E-state index in [-0.39, 0.29) is 6.04 Å². The molecule has 1 aromatic carbocycles. The Morgan fingerprint density at radius 2 is 2.11 bits per heavy atom. The number of halogens is 1. The Bertz CT molecular complexity index is 376. The van der Waals surface area contributed by atoms with Crippen molar-refractivity contribution in [1.82, 2.24) is 4.90 Å². The molecule has 108 valence electrons. The lowest BCUT2D eigenvalue weighted by Gasteiger charge is -2.22. The van der Waals surface area contributed by atoms with E-state index in [9.17, 15) is 5.11 Å². The second-order valence-corrected chi connectivity index (χ2v) is 5.64.